The second-order valence-electron chi connectivity index (χ2n) is 4.36. The summed E-state index contributed by atoms with van der Waals surface area (Å²) in [6, 6.07) is 0.728. The largest absolute Gasteiger partial charge is 0.381 e. The topological polar surface area (TPSA) is 21.3 Å². The molecule has 0 bridgehead atoms. The lowest BCUT2D eigenvalue weighted by Gasteiger charge is -2.20. The molecule has 0 amide bonds. The van der Waals surface area contributed by atoms with Gasteiger partial charge >= 0.3 is 0 Å². The Bertz CT molecular complexity index is 132. The maximum absolute atomic E-state index is 5.41. The van der Waals surface area contributed by atoms with Crippen LogP contribution in [0.15, 0.2) is 0 Å². The molecular formula is C12H25NO. The normalized spacial score (nSPS) is 24.0. The molecular weight excluding hydrogens is 174 g/mol. The lowest BCUT2D eigenvalue weighted by Crippen LogP contribution is -2.31. The summed E-state index contributed by atoms with van der Waals surface area (Å²) in [6.07, 6.45) is 6.58. The minimum atomic E-state index is 0.728. The summed E-state index contributed by atoms with van der Waals surface area (Å²) in [5.74, 6) is 0.816. The summed E-state index contributed by atoms with van der Waals surface area (Å²) in [5.41, 5.74) is 0. The minimum Gasteiger partial charge on any atom is -0.381 e. The van der Waals surface area contributed by atoms with Crippen molar-refractivity contribution >= 4 is 0 Å². The number of hydrogen-bond donors (Lipinski definition) is 1. The molecule has 1 fully saturated rings. The van der Waals surface area contributed by atoms with Crippen molar-refractivity contribution in [1.82, 2.24) is 5.32 Å². The Kier molecular flexibility index (Phi) is 6.20. The molecule has 2 unspecified atom stereocenters. The number of nitrogens with one attached hydrogen (secondary N) is 1. The molecule has 0 aromatic heterocycles. The van der Waals surface area contributed by atoms with Gasteiger partial charge in [0.05, 0.1) is 0 Å². The maximum Gasteiger partial charge on any atom is 0.0495 e. The van der Waals surface area contributed by atoms with Crippen molar-refractivity contribution in [2.24, 2.45) is 5.92 Å². The van der Waals surface area contributed by atoms with Crippen LogP contribution in [0.4, 0.5) is 0 Å². The number of ether oxygens (including phenoxy) is 1. The highest BCUT2D eigenvalue weighted by atomic mass is 16.5. The smallest absolute Gasteiger partial charge is 0.0495 e. The highest BCUT2D eigenvalue weighted by molar-refractivity contribution is 4.74. The summed E-state index contributed by atoms with van der Waals surface area (Å²) >= 11 is 0. The van der Waals surface area contributed by atoms with Crippen molar-refractivity contribution in [2.75, 3.05) is 19.8 Å². The van der Waals surface area contributed by atoms with E-state index >= 15 is 0 Å². The first-order valence-corrected chi connectivity index (χ1v) is 6.18. The van der Waals surface area contributed by atoms with Crippen molar-refractivity contribution in [1.29, 1.82) is 0 Å². The summed E-state index contributed by atoms with van der Waals surface area (Å²) in [6.45, 7) is 7.54. The highest BCUT2D eigenvalue weighted by Gasteiger charge is 2.19. The fourth-order valence-corrected chi connectivity index (χ4v) is 2.21. The molecule has 2 heteroatoms. The monoisotopic (exact) mass is 199 g/mol. The van der Waals surface area contributed by atoms with Gasteiger partial charge in [-0.1, -0.05) is 26.7 Å². The Hall–Kier alpha value is -0.0800. The molecule has 14 heavy (non-hydrogen) atoms. The van der Waals surface area contributed by atoms with Gasteiger partial charge in [0.15, 0.2) is 0 Å². The van der Waals surface area contributed by atoms with E-state index in [1.54, 1.807) is 0 Å². The van der Waals surface area contributed by atoms with Crippen LogP contribution in [0.2, 0.25) is 0 Å². The van der Waals surface area contributed by atoms with E-state index in [-0.39, 0.29) is 0 Å². The van der Waals surface area contributed by atoms with Gasteiger partial charge in [0.2, 0.25) is 0 Å². The van der Waals surface area contributed by atoms with Gasteiger partial charge in [0.25, 0.3) is 0 Å². The highest BCUT2D eigenvalue weighted by Crippen LogP contribution is 2.20. The molecule has 1 saturated heterocycles. The van der Waals surface area contributed by atoms with Gasteiger partial charge in [-0.2, -0.15) is 0 Å². The van der Waals surface area contributed by atoms with Gasteiger partial charge in [-0.25, -0.2) is 0 Å². The summed E-state index contributed by atoms with van der Waals surface area (Å²) in [4.78, 5) is 0. The molecule has 1 aliphatic heterocycles. The number of unbranched alkanes of at least 4 members (excludes halogenated alkanes) is 1. The van der Waals surface area contributed by atoms with Gasteiger partial charge in [-0.05, 0) is 31.7 Å². The van der Waals surface area contributed by atoms with Crippen LogP contribution in [0.5, 0.6) is 0 Å². The Balaban J connectivity index is 2.18. The average Bonchev–Trinajstić information content (AvgIpc) is 2.67. The summed E-state index contributed by atoms with van der Waals surface area (Å²) in [5, 5.41) is 3.59. The fraction of sp³-hybridized carbons (Fsp3) is 1.00. The third kappa shape index (κ3) is 4.43. The standard InChI is InChI=1S/C12H25NO/c1-3-5-6-12(13-4-2)9-11-7-8-14-10-11/h11-13H,3-10H2,1-2H3. The third-order valence-corrected chi connectivity index (χ3v) is 3.04. The lowest BCUT2D eigenvalue weighted by molar-refractivity contribution is 0.181. The Morgan fingerprint density at radius 1 is 1.43 bits per heavy atom. The van der Waals surface area contributed by atoms with Crippen LogP contribution in [0.25, 0.3) is 0 Å². The second kappa shape index (κ2) is 7.24. The molecule has 1 N–H and O–H groups in total. The first-order chi connectivity index (χ1) is 6.86. The first-order valence-electron chi connectivity index (χ1n) is 6.18. The molecule has 0 aromatic rings. The van der Waals surface area contributed by atoms with E-state index in [1.165, 1.54) is 32.1 Å². The zero-order chi connectivity index (χ0) is 10.2. The lowest BCUT2D eigenvalue weighted by atomic mass is 9.96. The van der Waals surface area contributed by atoms with Crippen molar-refractivity contribution in [3.05, 3.63) is 0 Å². The Morgan fingerprint density at radius 3 is 2.86 bits per heavy atom. The van der Waals surface area contributed by atoms with E-state index in [9.17, 15) is 0 Å². The van der Waals surface area contributed by atoms with E-state index in [0.717, 1.165) is 31.7 Å². The molecule has 2 nitrogen and oxygen atoms in total. The molecule has 1 aliphatic rings. The molecule has 1 heterocycles. The van der Waals surface area contributed by atoms with Crippen molar-refractivity contribution in [3.63, 3.8) is 0 Å². The number of hydrogen-bond acceptors (Lipinski definition) is 2. The minimum absolute atomic E-state index is 0.728. The van der Waals surface area contributed by atoms with Crippen LogP contribution in [0.3, 0.4) is 0 Å². The Morgan fingerprint density at radius 2 is 2.29 bits per heavy atom. The van der Waals surface area contributed by atoms with Gasteiger partial charge in [0.1, 0.15) is 0 Å². The Labute approximate surface area is 88.4 Å². The molecule has 0 radical (unpaired) electrons. The summed E-state index contributed by atoms with van der Waals surface area (Å²) in [7, 11) is 0. The molecule has 0 aromatic carbocycles. The second-order valence-corrected chi connectivity index (χ2v) is 4.36. The SMILES string of the molecule is CCCCC(CC1CCOC1)NCC. The van der Waals surface area contributed by atoms with Gasteiger partial charge in [-0.15, -0.1) is 0 Å². The average molecular weight is 199 g/mol. The van der Waals surface area contributed by atoms with Gasteiger partial charge in [-0.3, -0.25) is 0 Å². The molecule has 0 aliphatic carbocycles. The van der Waals surface area contributed by atoms with Crippen LogP contribution < -0.4 is 5.32 Å². The molecule has 0 spiro atoms. The number of rotatable bonds is 7. The molecule has 0 saturated carbocycles. The molecule has 1 rings (SSSR count). The predicted octanol–water partition coefficient (Wildman–Crippen LogP) is 2.58. The van der Waals surface area contributed by atoms with Gasteiger partial charge < -0.3 is 10.1 Å². The van der Waals surface area contributed by atoms with E-state index in [0.29, 0.717) is 0 Å². The quantitative estimate of drug-likeness (QED) is 0.680. The van der Waals surface area contributed by atoms with E-state index in [2.05, 4.69) is 19.2 Å². The van der Waals surface area contributed by atoms with Crippen LogP contribution in [0.1, 0.15) is 46.0 Å². The van der Waals surface area contributed by atoms with Crippen LogP contribution >= 0.6 is 0 Å². The van der Waals surface area contributed by atoms with Crippen molar-refractivity contribution in [2.45, 2.75) is 52.0 Å². The zero-order valence-electron chi connectivity index (χ0n) is 9.72. The van der Waals surface area contributed by atoms with Crippen molar-refractivity contribution < 1.29 is 4.74 Å². The predicted molar refractivity (Wildman–Crippen MR) is 60.5 cm³/mol. The summed E-state index contributed by atoms with van der Waals surface area (Å²) < 4.78 is 5.41. The fourth-order valence-electron chi connectivity index (χ4n) is 2.21. The first kappa shape index (κ1) is 12.0. The van der Waals surface area contributed by atoms with E-state index < -0.39 is 0 Å². The molecule has 84 valence electrons. The maximum atomic E-state index is 5.41. The van der Waals surface area contributed by atoms with E-state index in [1.807, 2.05) is 0 Å². The van der Waals surface area contributed by atoms with Crippen LogP contribution in [-0.4, -0.2) is 25.8 Å². The van der Waals surface area contributed by atoms with Crippen LogP contribution in [-0.2, 0) is 4.74 Å². The van der Waals surface area contributed by atoms with E-state index in [4.69, 9.17) is 4.74 Å². The van der Waals surface area contributed by atoms with Crippen LogP contribution in [0, 0.1) is 5.92 Å². The van der Waals surface area contributed by atoms with Gasteiger partial charge in [0, 0.05) is 19.3 Å². The zero-order valence-corrected chi connectivity index (χ0v) is 9.72. The molecule has 2 atom stereocenters. The third-order valence-electron chi connectivity index (χ3n) is 3.04. The van der Waals surface area contributed by atoms with Crippen molar-refractivity contribution in [3.8, 4) is 0 Å².